The van der Waals surface area contributed by atoms with E-state index in [0.29, 0.717) is 11.5 Å². The van der Waals surface area contributed by atoms with Crippen molar-refractivity contribution < 1.29 is 5.11 Å². The van der Waals surface area contributed by atoms with Gasteiger partial charge in [-0.05, 0) is 54.9 Å². The van der Waals surface area contributed by atoms with Gasteiger partial charge in [0.25, 0.3) is 0 Å². The number of aromatic nitrogens is 3. The van der Waals surface area contributed by atoms with E-state index in [9.17, 15) is 5.11 Å². The maximum atomic E-state index is 9.40. The largest absolute Gasteiger partial charge is 0.392 e. The van der Waals surface area contributed by atoms with E-state index in [1.807, 2.05) is 35.0 Å². The molecule has 0 bridgehead atoms. The van der Waals surface area contributed by atoms with E-state index < -0.39 is 0 Å². The Labute approximate surface area is 146 Å². The fourth-order valence-corrected chi connectivity index (χ4v) is 4.27. The molecule has 3 aromatic rings. The van der Waals surface area contributed by atoms with Gasteiger partial charge in [0, 0.05) is 12.2 Å². The zero-order valence-corrected chi connectivity index (χ0v) is 14.2. The standard InChI is InChI=1S/C20H22N4O/c25-13-14-6-7-19-21-11-16(24(19)12-14)15-3-1-5-18(22-15)23-17-4-2-8-20(17)9-10-20/h1,3,5-7,11-12,17,25H,2,4,8-10,13H2,(H,22,23)/t17-/m0/s1. The second-order valence-electron chi connectivity index (χ2n) is 7.43. The molecule has 25 heavy (non-hydrogen) atoms. The van der Waals surface area contributed by atoms with Crippen molar-refractivity contribution in [3.63, 3.8) is 0 Å². The molecule has 2 aliphatic rings. The Morgan fingerprint density at radius 1 is 1.20 bits per heavy atom. The first-order valence-corrected chi connectivity index (χ1v) is 9.08. The number of hydrogen-bond acceptors (Lipinski definition) is 4. The van der Waals surface area contributed by atoms with Gasteiger partial charge in [0.15, 0.2) is 0 Å². The molecule has 0 amide bonds. The van der Waals surface area contributed by atoms with Crippen LogP contribution >= 0.6 is 0 Å². The molecule has 0 saturated heterocycles. The molecule has 5 rings (SSSR count). The van der Waals surface area contributed by atoms with Crippen LogP contribution in [0.4, 0.5) is 5.82 Å². The molecule has 0 aromatic carbocycles. The molecule has 0 unspecified atom stereocenters. The minimum absolute atomic E-state index is 0.0202. The van der Waals surface area contributed by atoms with Gasteiger partial charge < -0.3 is 10.4 Å². The van der Waals surface area contributed by atoms with Gasteiger partial charge in [-0.1, -0.05) is 18.6 Å². The summed E-state index contributed by atoms with van der Waals surface area (Å²) in [6.07, 6.45) is 10.4. The molecule has 2 fully saturated rings. The van der Waals surface area contributed by atoms with Crippen LogP contribution in [0.15, 0.2) is 42.7 Å². The van der Waals surface area contributed by atoms with Gasteiger partial charge in [0.1, 0.15) is 11.5 Å². The van der Waals surface area contributed by atoms with Crippen LogP contribution in [-0.4, -0.2) is 25.5 Å². The van der Waals surface area contributed by atoms with Crippen molar-refractivity contribution in [3.8, 4) is 11.4 Å². The van der Waals surface area contributed by atoms with Crippen LogP contribution in [0.1, 0.15) is 37.7 Å². The lowest BCUT2D eigenvalue weighted by molar-refractivity contribution is 0.281. The minimum Gasteiger partial charge on any atom is -0.392 e. The minimum atomic E-state index is 0.0202. The maximum absolute atomic E-state index is 9.40. The smallest absolute Gasteiger partial charge is 0.137 e. The summed E-state index contributed by atoms with van der Waals surface area (Å²) in [4.78, 5) is 9.30. The highest BCUT2D eigenvalue weighted by molar-refractivity contribution is 5.62. The topological polar surface area (TPSA) is 62.5 Å². The Kier molecular flexibility index (Phi) is 3.31. The number of hydrogen-bond donors (Lipinski definition) is 2. The van der Waals surface area contributed by atoms with E-state index in [1.165, 1.54) is 32.1 Å². The molecule has 3 aromatic heterocycles. The summed E-state index contributed by atoms with van der Waals surface area (Å²) in [5.74, 6) is 0.948. The second-order valence-corrected chi connectivity index (χ2v) is 7.43. The number of aliphatic hydroxyl groups excluding tert-OH is 1. The molecule has 0 radical (unpaired) electrons. The first-order chi connectivity index (χ1) is 12.3. The van der Waals surface area contributed by atoms with E-state index >= 15 is 0 Å². The Balaban J connectivity index is 1.48. The van der Waals surface area contributed by atoms with Crippen molar-refractivity contribution in [1.29, 1.82) is 0 Å². The average molecular weight is 334 g/mol. The molecule has 1 atom stereocenters. The predicted octanol–water partition coefficient (Wildman–Crippen LogP) is 3.63. The third-order valence-electron chi connectivity index (χ3n) is 5.88. The fourth-order valence-electron chi connectivity index (χ4n) is 4.27. The first-order valence-electron chi connectivity index (χ1n) is 9.08. The first kappa shape index (κ1) is 14.9. The molecule has 128 valence electrons. The molecule has 2 aliphatic carbocycles. The predicted molar refractivity (Wildman–Crippen MR) is 97.3 cm³/mol. The Morgan fingerprint density at radius 2 is 2.12 bits per heavy atom. The van der Waals surface area contributed by atoms with Crippen LogP contribution in [0.5, 0.6) is 0 Å². The molecule has 5 nitrogen and oxygen atoms in total. The van der Waals surface area contributed by atoms with Gasteiger partial charge in [-0.2, -0.15) is 0 Å². The molecule has 1 spiro atoms. The van der Waals surface area contributed by atoms with Gasteiger partial charge >= 0.3 is 0 Å². The average Bonchev–Trinajstić information content (AvgIpc) is 3.14. The number of pyridine rings is 2. The van der Waals surface area contributed by atoms with Crippen LogP contribution < -0.4 is 5.32 Å². The fraction of sp³-hybridized carbons (Fsp3) is 0.400. The summed E-state index contributed by atoms with van der Waals surface area (Å²) in [5.41, 5.74) is 4.12. The third-order valence-corrected chi connectivity index (χ3v) is 5.88. The number of fused-ring (bicyclic) bond motifs is 1. The summed E-state index contributed by atoms with van der Waals surface area (Å²) in [6, 6.07) is 10.5. The van der Waals surface area contributed by atoms with Gasteiger partial charge in [0.05, 0.1) is 24.2 Å². The number of nitrogens with zero attached hydrogens (tertiary/aromatic N) is 3. The van der Waals surface area contributed by atoms with Crippen LogP contribution in [0, 0.1) is 5.41 Å². The lowest BCUT2D eigenvalue weighted by Crippen LogP contribution is -2.25. The van der Waals surface area contributed by atoms with Crippen LogP contribution in [0.3, 0.4) is 0 Å². The van der Waals surface area contributed by atoms with Gasteiger partial charge in [-0.15, -0.1) is 0 Å². The Bertz CT molecular complexity index is 928. The summed E-state index contributed by atoms with van der Waals surface area (Å²) in [5, 5.41) is 13.1. The van der Waals surface area contributed by atoms with Crippen molar-refractivity contribution in [2.45, 2.75) is 44.8 Å². The lowest BCUT2D eigenvalue weighted by Gasteiger charge is -2.20. The molecule has 3 heterocycles. The Hall–Kier alpha value is -2.40. The van der Waals surface area contributed by atoms with E-state index in [-0.39, 0.29) is 6.61 Å². The number of rotatable bonds is 4. The lowest BCUT2D eigenvalue weighted by atomic mass is 10.0. The van der Waals surface area contributed by atoms with Gasteiger partial charge in [0.2, 0.25) is 0 Å². The maximum Gasteiger partial charge on any atom is 0.137 e. The molecule has 5 heteroatoms. The van der Waals surface area contributed by atoms with E-state index in [1.54, 1.807) is 0 Å². The van der Waals surface area contributed by atoms with Crippen molar-refractivity contribution in [3.05, 3.63) is 48.3 Å². The summed E-state index contributed by atoms with van der Waals surface area (Å²) < 4.78 is 2.00. The number of anilines is 1. The SMILES string of the molecule is OCc1ccc2ncc(-c3cccc(N[C@H]4CCCC45CC5)n3)n2c1. The quantitative estimate of drug-likeness (QED) is 0.765. The molecular weight excluding hydrogens is 312 g/mol. The van der Waals surface area contributed by atoms with Gasteiger partial charge in [-0.3, -0.25) is 4.40 Å². The van der Waals surface area contributed by atoms with E-state index in [0.717, 1.165) is 28.4 Å². The zero-order chi connectivity index (χ0) is 16.9. The summed E-state index contributed by atoms with van der Waals surface area (Å²) in [7, 11) is 0. The number of aliphatic hydroxyl groups is 1. The van der Waals surface area contributed by atoms with Crippen molar-refractivity contribution >= 4 is 11.5 Å². The second kappa shape index (κ2) is 5.56. The monoisotopic (exact) mass is 334 g/mol. The summed E-state index contributed by atoms with van der Waals surface area (Å²) >= 11 is 0. The molecular formula is C20H22N4O. The highest BCUT2D eigenvalue weighted by Gasteiger charge is 2.51. The van der Waals surface area contributed by atoms with Crippen LogP contribution in [-0.2, 0) is 6.61 Å². The van der Waals surface area contributed by atoms with Crippen molar-refractivity contribution in [2.24, 2.45) is 5.41 Å². The van der Waals surface area contributed by atoms with E-state index in [4.69, 9.17) is 4.98 Å². The van der Waals surface area contributed by atoms with Crippen LogP contribution in [0.2, 0.25) is 0 Å². The van der Waals surface area contributed by atoms with E-state index in [2.05, 4.69) is 22.4 Å². The van der Waals surface area contributed by atoms with Crippen molar-refractivity contribution in [2.75, 3.05) is 5.32 Å². The molecule has 0 aliphatic heterocycles. The summed E-state index contributed by atoms with van der Waals surface area (Å²) in [6.45, 7) is 0.0202. The van der Waals surface area contributed by atoms with Crippen molar-refractivity contribution in [1.82, 2.24) is 14.4 Å². The zero-order valence-electron chi connectivity index (χ0n) is 14.2. The van der Waals surface area contributed by atoms with Crippen LogP contribution in [0.25, 0.3) is 17.0 Å². The number of imidazole rings is 1. The van der Waals surface area contributed by atoms with Gasteiger partial charge in [-0.25, -0.2) is 9.97 Å². The normalized spacial score (nSPS) is 21.1. The third kappa shape index (κ3) is 2.50. The highest BCUT2D eigenvalue weighted by Crippen LogP contribution is 2.58. The number of nitrogens with one attached hydrogen (secondary N) is 1. The molecule has 2 saturated carbocycles. The molecule has 2 N–H and O–H groups in total. The highest BCUT2D eigenvalue weighted by atomic mass is 16.3. The Morgan fingerprint density at radius 3 is 2.96 bits per heavy atom.